The second kappa shape index (κ2) is 9.38. The summed E-state index contributed by atoms with van der Waals surface area (Å²) < 4.78 is 59.4. The predicted octanol–water partition coefficient (Wildman–Crippen LogP) is 2.36. The number of rotatable bonds is 9. The summed E-state index contributed by atoms with van der Waals surface area (Å²) in [7, 11) is -3.52. The van der Waals surface area contributed by atoms with Crippen LogP contribution in [0, 0.1) is 11.2 Å². The number of benzene rings is 1. The number of anilines is 1. The van der Waals surface area contributed by atoms with Crippen LogP contribution in [0.15, 0.2) is 35.3 Å². The number of piperazine rings is 1. The minimum absolute atomic E-state index is 0.0263. The van der Waals surface area contributed by atoms with Crippen molar-refractivity contribution in [2.45, 2.75) is 26.2 Å². The first kappa shape index (κ1) is 23.6. The Hall–Kier alpha value is -2.53. The van der Waals surface area contributed by atoms with E-state index in [4.69, 9.17) is 4.74 Å². The Morgan fingerprint density at radius 3 is 2.55 bits per heavy atom. The second-order valence-electron chi connectivity index (χ2n) is 8.90. The molecular formula is C22H28F2N4O4S. The van der Waals surface area contributed by atoms with Crippen LogP contribution in [-0.4, -0.2) is 67.7 Å². The monoisotopic (exact) mass is 482 g/mol. The predicted molar refractivity (Wildman–Crippen MR) is 121 cm³/mol. The Kier molecular flexibility index (Phi) is 6.71. The van der Waals surface area contributed by atoms with Crippen LogP contribution >= 0.6 is 0 Å². The average molecular weight is 483 g/mol. The van der Waals surface area contributed by atoms with Crippen molar-refractivity contribution in [2.75, 3.05) is 50.1 Å². The summed E-state index contributed by atoms with van der Waals surface area (Å²) in [5, 5.41) is 4.24. The van der Waals surface area contributed by atoms with Gasteiger partial charge in [0, 0.05) is 31.6 Å². The number of aromatic nitrogens is 2. The molecule has 1 saturated carbocycles. The summed E-state index contributed by atoms with van der Waals surface area (Å²) >= 11 is 0. The van der Waals surface area contributed by atoms with Crippen LogP contribution in [0.4, 0.5) is 14.5 Å². The third-order valence-electron chi connectivity index (χ3n) is 6.14. The summed E-state index contributed by atoms with van der Waals surface area (Å²) in [6.07, 6.45) is 3.51. The molecule has 0 atom stereocenters. The number of halogens is 2. The standard InChI is InChI=1S/C22H28F2N4O4S/c1-22(6-7-22)16-32-20-19(15-25-28(21(20)29)18-5-2-4-17(24)14-18)26-9-11-27(12-10-26)33(30,31)13-3-8-23/h2,4-5,14-15H,3,6-13,16H2,1H3. The zero-order valence-corrected chi connectivity index (χ0v) is 19.4. The quantitative estimate of drug-likeness (QED) is 0.546. The zero-order valence-electron chi connectivity index (χ0n) is 18.5. The zero-order chi connectivity index (χ0) is 23.6. The number of sulfonamides is 1. The molecule has 2 heterocycles. The summed E-state index contributed by atoms with van der Waals surface area (Å²) in [5.41, 5.74) is 0.302. The molecule has 4 rings (SSSR count). The maximum Gasteiger partial charge on any atom is 0.316 e. The third kappa shape index (κ3) is 5.35. The Balaban J connectivity index is 1.60. The fourth-order valence-electron chi connectivity index (χ4n) is 3.76. The fraction of sp³-hybridized carbons (Fsp3) is 0.545. The summed E-state index contributed by atoms with van der Waals surface area (Å²) in [6.45, 7) is 2.91. The van der Waals surface area contributed by atoms with Gasteiger partial charge >= 0.3 is 5.56 Å². The summed E-state index contributed by atoms with van der Waals surface area (Å²) in [6, 6.07) is 5.60. The number of hydrogen-bond donors (Lipinski definition) is 0. The van der Waals surface area contributed by atoms with E-state index in [1.165, 1.54) is 28.7 Å². The van der Waals surface area contributed by atoms with E-state index in [9.17, 15) is 22.0 Å². The second-order valence-corrected chi connectivity index (χ2v) is 11.0. The summed E-state index contributed by atoms with van der Waals surface area (Å²) in [5.74, 6) is -0.582. The van der Waals surface area contributed by atoms with Crippen molar-refractivity contribution >= 4 is 15.7 Å². The van der Waals surface area contributed by atoms with Gasteiger partial charge in [0.25, 0.3) is 0 Å². The Bertz CT molecular complexity index is 1160. The van der Waals surface area contributed by atoms with Crippen molar-refractivity contribution < 1.29 is 21.9 Å². The molecular weight excluding hydrogens is 454 g/mol. The maximum absolute atomic E-state index is 13.7. The molecule has 2 fully saturated rings. The van der Waals surface area contributed by atoms with Crippen molar-refractivity contribution in [3.8, 4) is 11.4 Å². The smallest absolute Gasteiger partial charge is 0.316 e. The average Bonchev–Trinajstić information content (AvgIpc) is 3.54. The number of nitrogens with zero attached hydrogens (tertiary/aromatic N) is 4. The number of hydrogen-bond acceptors (Lipinski definition) is 6. The topological polar surface area (TPSA) is 84.7 Å². The molecule has 0 spiro atoms. The first-order valence-corrected chi connectivity index (χ1v) is 12.6. The van der Waals surface area contributed by atoms with Crippen LogP contribution in [0.5, 0.6) is 5.75 Å². The SMILES string of the molecule is CC1(COc2c(N3CCN(S(=O)(=O)CCCF)CC3)cnn(-c3cccc(F)c3)c2=O)CC1. The van der Waals surface area contributed by atoms with E-state index in [-0.39, 0.29) is 42.1 Å². The van der Waals surface area contributed by atoms with E-state index < -0.39 is 28.1 Å². The molecule has 1 aliphatic carbocycles. The lowest BCUT2D eigenvalue weighted by molar-refractivity contribution is 0.242. The minimum Gasteiger partial charge on any atom is -0.486 e. The van der Waals surface area contributed by atoms with Gasteiger partial charge in [-0.05, 0) is 37.5 Å². The van der Waals surface area contributed by atoms with Crippen LogP contribution in [0.3, 0.4) is 0 Å². The van der Waals surface area contributed by atoms with Crippen LogP contribution < -0.4 is 15.2 Å². The lowest BCUT2D eigenvalue weighted by Crippen LogP contribution is -2.49. The Morgan fingerprint density at radius 1 is 1.18 bits per heavy atom. The van der Waals surface area contributed by atoms with Crippen LogP contribution in [0.2, 0.25) is 0 Å². The number of alkyl halides is 1. The van der Waals surface area contributed by atoms with Crippen LogP contribution in [-0.2, 0) is 10.0 Å². The molecule has 11 heteroatoms. The van der Waals surface area contributed by atoms with Gasteiger partial charge in [0.2, 0.25) is 15.8 Å². The molecule has 0 bridgehead atoms. The molecule has 33 heavy (non-hydrogen) atoms. The molecule has 180 valence electrons. The van der Waals surface area contributed by atoms with Gasteiger partial charge in [0.1, 0.15) is 11.5 Å². The normalized spacial score (nSPS) is 18.3. The number of ether oxygens (including phenoxy) is 1. The van der Waals surface area contributed by atoms with E-state index in [2.05, 4.69) is 12.0 Å². The lowest BCUT2D eigenvalue weighted by atomic mass is 10.2. The van der Waals surface area contributed by atoms with E-state index in [0.717, 1.165) is 17.5 Å². The lowest BCUT2D eigenvalue weighted by Gasteiger charge is -2.35. The van der Waals surface area contributed by atoms with Crippen molar-refractivity contribution in [1.29, 1.82) is 0 Å². The molecule has 0 radical (unpaired) electrons. The molecule has 0 amide bonds. The highest BCUT2D eigenvalue weighted by Crippen LogP contribution is 2.45. The summed E-state index contributed by atoms with van der Waals surface area (Å²) in [4.78, 5) is 15.2. The van der Waals surface area contributed by atoms with Crippen LogP contribution in [0.1, 0.15) is 26.2 Å². The van der Waals surface area contributed by atoms with Crippen molar-refractivity contribution in [3.05, 3.63) is 46.6 Å². The minimum atomic E-state index is -3.52. The Labute approximate surface area is 191 Å². The van der Waals surface area contributed by atoms with Gasteiger partial charge < -0.3 is 9.64 Å². The van der Waals surface area contributed by atoms with Crippen molar-refractivity contribution in [3.63, 3.8) is 0 Å². The molecule has 1 saturated heterocycles. The molecule has 1 aromatic carbocycles. The van der Waals surface area contributed by atoms with E-state index in [1.807, 2.05) is 4.90 Å². The van der Waals surface area contributed by atoms with Gasteiger partial charge in [-0.2, -0.15) is 14.1 Å². The first-order valence-electron chi connectivity index (χ1n) is 11.0. The highest BCUT2D eigenvalue weighted by atomic mass is 32.2. The van der Waals surface area contributed by atoms with Gasteiger partial charge in [-0.3, -0.25) is 9.18 Å². The fourth-order valence-corrected chi connectivity index (χ4v) is 5.21. The maximum atomic E-state index is 13.7. The highest BCUT2D eigenvalue weighted by Gasteiger charge is 2.39. The van der Waals surface area contributed by atoms with Gasteiger partial charge in [0.15, 0.2) is 0 Å². The molecule has 2 aliphatic rings. The largest absolute Gasteiger partial charge is 0.486 e. The molecule has 2 aromatic rings. The van der Waals surface area contributed by atoms with Gasteiger partial charge in [0.05, 0.1) is 30.9 Å². The van der Waals surface area contributed by atoms with Gasteiger partial charge in [-0.15, -0.1) is 0 Å². The first-order chi connectivity index (χ1) is 15.7. The Morgan fingerprint density at radius 2 is 1.91 bits per heavy atom. The molecule has 8 nitrogen and oxygen atoms in total. The van der Waals surface area contributed by atoms with Crippen molar-refractivity contribution in [1.82, 2.24) is 14.1 Å². The van der Waals surface area contributed by atoms with E-state index >= 15 is 0 Å². The van der Waals surface area contributed by atoms with Crippen molar-refractivity contribution in [2.24, 2.45) is 5.41 Å². The molecule has 1 aliphatic heterocycles. The van der Waals surface area contributed by atoms with E-state index in [0.29, 0.717) is 25.4 Å². The van der Waals surface area contributed by atoms with Gasteiger partial charge in [-0.25, -0.2) is 12.8 Å². The van der Waals surface area contributed by atoms with Gasteiger partial charge in [-0.1, -0.05) is 13.0 Å². The molecule has 0 unspecified atom stereocenters. The molecule has 0 N–H and O–H groups in total. The van der Waals surface area contributed by atoms with E-state index in [1.54, 1.807) is 6.07 Å². The highest BCUT2D eigenvalue weighted by molar-refractivity contribution is 7.89. The molecule has 1 aromatic heterocycles. The van der Waals surface area contributed by atoms with Crippen LogP contribution in [0.25, 0.3) is 5.69 Å². The third-order valence-corrected chi connectivity index (χ3v) is 8.10.